The number of hydrogen-bond acceptors (Lipinski definition) is 6. The molecule has 1 amide bonds. The van der Waals surface area contributed by atoms with Crippen LogP contribution in [-0.4, -0.2) is 32.5 Å². The van der Waals surface area contributed by atoms with Gasteiger partial charge in [0.25, 0.3) is 0 Å². The standard InChI is InChI=1S/C16H14N4O2S/c21-14-8-11(9-20(14)10-12-4-3-7-23-12)16-18-15(19-22-16)13-5-1-2-6-17-13/h1-7,11H,8-10H2. The van der Waals surface area contributed by atoms with Gasteiger partial charge in [-0.2, -0.15) is 4.98 Å². The molecule has 1 aliphatic rings. The van der Waals surface area contributed by atoms with E-state index in [1.165, 1.54) is 4.88 Å². The molecule has 7 heteroatoms. The van der Waals surface area contributed by atoms with Crippen LogP contribution in [0.2, 0.25) is 0 Å². The van der Waals surface area contributed by atoms with Gasteiger partial charge in [-0.05, 0) is 23.6 Å². The average molecular weight is 326 g/mol. The third-order valence-corrected chi connectivity index (χ3v) is 4.69. The van der Waals surface area contributed by atoms with Crippen LogP contribution in [-0.2, 0) is 11.3 Å². The highest BCUT2D eigenvalue weighted by atomic mass is 32.1. The molecular formula is C16H14N4O2S. The van der Waals surface area contributed by atoms with Crippen molar-refractivity contribution in [1.29, 1.82) is 0 Å². The maximum Gasteiger partial charge on any atom is 0.232 e. The first kappa shape index (κ1) is 14.1. The number of amides is 1. The molecule has 4 rings (SSSR count). The van der Waals surface area contributed by atoms with Gasteiger partial charge in [0.1, 0.15) is 5.69 Å². The molecule has 3 aromatic heterocycles. The summed E-state index contributed by atoms with van der Waals surface area (Å²) in [5.41, 5.74) is 0.669. The first-order chi connectivity index (χ1) is 11.3. The summed E-state index contributed by atoms with van der Waals surface area (Å²) >= 11 is 1.66. The van der Waals surface area contributed by atoms with Gasteiger partial charge in [0.05, 0.1) is 12.5 Å². The highest BCUT2D eigenvalue weighted by Crippen LogP contribution is 2.29. The number of likely N-dealkylation sites (tertiary alicyclic amines) is 1. The monoisotopic (exact) mass is 326 g/mol. The molecule has 1 atom stereocenters. The van der Waals surface area contributed by atoms with Gasteiger partial charge in [-0.3, -0.25) is 9.78 Å². The maximum absolute atomic E-state index is 12.2. The van der Waals surface area contributed by atoms with Crippen molar-refractivity contribution in [1.82, 2.24) is 20.0 Å². The summed E-state index contributed by atoms with van der Waals surface area (Å²) in [6.07, 6.45) is 2.10. The Labute approximate surface area is 136 Å². The van der Waals surface area contributed by atoms with E-state index in [0.29, 0.717) is 36.9 Å². The van der Waals surface area contributed by atoms with Crippen molar-refractivity contribution in [3.8, 4) is 11.5 Å². The van der Waals surface area contributed by atoms with Crippen LogP contribution in [0.5, 0.6) is 0 Å². The number of hydrogen-bond donors (Lipinski definition) is 0. The zero-order chi connectivity index (χ0) is 15.6. The summed E-state index contributed by atoms with van der Waals surface area (Å²) in [4.78, 5) is 23.8. The fourth-order valence-corrected chi connectivity index (χ4v) is 3.40. The molecule has 1 saturated heterocycles. The van der Waals surface area contributed by atoms with Crippen molar-refractivity contribution in [2.75, 3.05) is 6.54 Å². The van der Waals surface area contributed by atoms with E-state index in [-0.39, 0.29) is 11.8 Å². The van der Waals surface area contributed by atoms with Crippen molar-refractivity contribution < 1.29 is 9.32 Å². The summed E-state index contributed by atoms with van der Waals surface area (Å²) in [6.45, 7) is 1.26. The van der Waals surface area contributed by atoms with E-state index in [0.717, 1.165) is 0 Å². The Balaban J connectivity index is 1.49. The quantitative estimate of drug-likeness (QED) is 0.737. The summed E-state index contributed by atoms with van der Waals surface area (Å²) in [6, 6.07) is 9.58. The molecule has 3 aromatic rings. The second-order valence-corrected chi connectivity index (χ2v) is 6.46. The number of carbonyl (C=O) groups excluding carboxylic acids is 1. The Morgan fingerprint density at radius 3 is 3.04 bits per heavy atom. The summed E-state index contributed by atoms with van der Waals surface area (Å²) in [5, 5.41) is 6.00. The first-order valence-electron chi connectivity index (χ1n) is 7.35. The molecule has 0 bridgehead atoms. The average Bonchev–Trinajstić information content (AvgIpc) is 3.31. The molecular weight excluding hydrogens is 312 g/mol. The molecule has 23 heavy (non-hydrogen) atoms. The Bertz CT molecular complexity index is 801. The fraction of sp³-hybridized carbons (Fsp3) is 0.250. The van der Waals surface area contributed by atoms with Crippen molar-refractivity contribution in [2.45, 2.75) is 18.9 Å². The van der Waals surface area contributed by atoms with E-state index in [1.807, 2.05) is 40.6 Å². The zero-order valence-corrected chi connectivity index (χ0v) is 13.1. The van der Waals surface area contributed by atoms with Crippen LogP contribution in [0, 0.1) is 0 Å². The lowest BCUT2D eigenvalue weighted by Gasteiger charge is -2.14. The summed E-state index contributed by atoms with van der Waals surface area (Å²) in [7, 11) is 0. The molecule has 1 unspecified atom stereocenters. The zero-order valence-electron chi connectivity index (χ0n) is 12.3. The Hall–Kier alpha value is -2.54. The van der Waals surface area contributed by atoms with E-state index in [1.54, 1.807) is 17.5 Å². The van der Waals surface area contributed by atoms with E-state index in [2.05, 4.69) is 15.1 Å². The lowest BCUT2D eigenvalue weighted by molar-refractivity contribution is -0.128. The second-order valence-electron chi connectivity index (χ2n) is 5.43. The van der Waals surface area contributed by atoms with Gasteiger partial charge in [0, 0.05) is 24.0 Å². The number of carbonyl (C=O) groups is 1. The minimum absolute atomic E-state index is 0.0487. The van der Waals surface area contributed by atoms with Crippen LogP contribution >= 0.6 is 11.3 Å². The van der Waals surface area contributed by atoms with Crippen molar-refractivity contribution in [2.24, 2.45) is 0 Å². The van der Waals surface area contributed by atoms with Crippen LogP contribution in [0.15, 0.2) is 46.4 Å². The largest absolute Gasteiger partial charge is 0.339 e. The molecule has 1 aliphatic heterocycles. The van der Waals surface area contributed by atoms with E-state index < -0.39 is 0 Å². The van der Waals surface area contributed by atoms with Crippen molar-refractivity contribution in [3.63, 3.8) is 0 Å². The normalized spacial score (nSPS) is 17.8. The molecule has 116 valence electrons. The molecule has 0 aliphatic carbocycles. The highest BCUT2D eigenvalue weighted by Gasteiger charge is 2.34. The van der Waals surface area contributed by atoms with E-state index >= 15 is 0 Å². The number of pyridine rings is 1. The lowest BCUT2D eigenvalue weighted by Crippen LogP contribution is -2.23. The van der Waals surface area contributed by atoms with Crippen molar-refractivity contribution in [3.05, 3.63) is 52.7 Å². The summed E-state index contributed by atoms with van der Waals surface area (Å²) < 4.78 is 5.36. The highest BCUT2D eigenvalue weighted by molar-refractivity contribution is 7.09. The van der Waals surface area contributed by atoms with Gasteiger partial charge >= 0.3 is 0 Å². The molecule has 0 spiro atoms. The number of aromatic nitrogens is 3. The van der Waals surface area contributed by atoms with E-state index in [9.17, 15) is 4.79 Å². The minimum atomic E-state index is -0.0487. The van der Waals surface area contributed by atoms with Gasteiger partial charge in [-0.1, -0.05) is 17.3 Å². The number of thiophene rings is 1. The lowest BCUT2D eigenvalue weighted by atomic mass is 10.1. The molecule has 0 N–H and O–H groups in total. The van der Waals surface area contributed by atoms with Crippen LogP contribution < -0.4 is 0 Å². The smallest absolute Gasteiger partial charge is 0.232 e. The van der Waals surface area contributed by atoms with Gasteiger partial charge in [0.2, 0.25) is 17.6 Å². The summed E-state index contributed by atoms with van der Waals surface area (Å²) in [5.74, 6) is 1.05. The Morgan fingerprint density at radius 1 is 1.30 bits per heavy atom. The van der Waals surface area contributed by atoms with Crippen LogP contribution in [0.3, 0.4) is 0 Å². The van der Waals surface area contributed by atoms with Crippen LogP contribution in [0.4, 0.5) is 0 Å². The van der Waals surface area contributed by atoms with Gasteiger partial charge in [-0.15, -0.1) is 11.3 Å². The van der Waals surface area contributed by atoms with Crippen molar-refractivity contribution >= 4 is 17.2 Å². The SMILES string of the molecule is O=C1CC(c2nc(-c3ccccn3)no2)CN1Cc1cccs1. The second kappa shape index (κ2) is 5.92. The first-order valence-corrected chi connectivity index (χ1v) is 8.23. The molecule has 0 radical (unpaired) electrons. The molecule has 0 saturated carbocycles. The van der Waals surface area contributed by atoms with E-state index in [4.69, 9.17) is 4.52 Å². The molecule has 0 aromatic carbocycles. The number of nitrogens with zero attached hydrogens (tertiary/aromatic N) is 4. The minimum Gasteiger partial charge on any atom is -0.339 e. The fourth-order valence-electron chi connectivity index (χ4n) is 2.68. The number of rotatable bonds is 4. The molecule has 6 nitrogen and oxygen atoms in total. The third-order valence-electron chi connectivity index (χ3n) is 3.83. The maximum atomic E-state index is 12.2. The van der Waals surface area contributed by atoms with Crippen LogP contribution in [0.1, 0.15) is 23.1 Å². The Kier molecular flexibility index (Phi) is 3.63. The van der Waals surface area contributed by atoms with Crippen LogP contribution in [0.25, 0.3) is 11.5 Å². The van der Waals surface area contributed by atoms with Gasteiger partial charge in [-0.25, -0.2) is 0 Å². The topological polar surface area (TPSA) is 72.1 Å². The van der Waals surface area contributed by atoms with Gasteiger partial charge < -0.3 is 9.42 Å². The predicted octanol–water partition coefficient (Wildman–Crippen LogP) is 2.71. The third kappa shape index (κ3) is 2.87. The predicted molar refractivity (Wildman–Crippen MR) is 84.6 cm³/mol. The van der Waals surface area contributed by atoms with Gasteiger partial charge in [0.15, 0.2) is 0 Å². The molecule has 4 heterocycles. The Morgan fingerprint density at radius 2 is 2.26 bits per heavy atom. The molecule has 1 fully saturated rings.